The van der Waals surface area contributed by atoms with Crippen LogP contribution in [0.3, 0.4) is 0 Å². The molecule has 4 heterocycles. The average molecular weight is 693 g/mol. The fourth-order valence-electron chi connectivity index (χ4n) is 8.07. The summed E-state index contributed by atoms with van der Waals surface area (Å²) in [4.78, 5) is 28.1. The fourth-order valence-corrected chi connectivity index (χ4v) is 8.07. The third-order valence-corrected chi connectivity index (χ3v) is 10.8. The second-order valence-electron chi connectivity index (χ2n) is 14.4. The van der Waals surface area contributed by atoms with Gasteiger partial charge in [-0.15, -0.1) is 0 Å². The largest absolute Gasteiger partial charge is 0.481 e. The molecule has 1 aliphatic heterocycles. The van der Waals surface area contributed by atoms with Gasteiger partial charge in [-0.05, 0) is 122 Å². The minimum atomic E-state index is -0.725. The van der Waals surface area contributed by atoms with E-state index in [0.717, 1.165) is 81.5 Å². The van der Waals surface area contributed by atoms with Crippen LogP contribution in [0.5, 0.6) is 0 Å². The molecular weight excluding hydrogens is 653 g/mol. The van der Waals surface area contributed by atoms with Gasteiger partial charge in [0.05, 0.1) is 17.6 Å². The predicted molar refractivity (Wildman–Crippen MR) is 200 cm³/mol. The molecule has 0 spiro atoms. The van der Waals surface area contributed by atoms with Crippen molar-refractivity contribution >= 4 is 39.5 Å². The number of hydrogen-bond donors (Lipinski definition) is 3. The number of aromatic nitrogens is 3. The number of carbonyl (C=O) groups is 1. The van der Waals surface area contributed by atoms with Gasteiger partial charge in [0.25, 0.3) is 0 Å². The van der Waals surface area contributed by atoms with Crippen LogP contribution in [0.25, 0.3) is 44.6 Å². The summed E-state index contributed by atoms with van der Waals surface area (Å²) in [7, 11) is 0. The number of aliphatic hydroxyl groups is 1. The van der Waals surface area contributed by atoms with E-state index < -0.39 is 5.97 Å². The summed E-state index contributed by atoms with van der Waals surface area (Å²) < 4.78 is 6.29. The highest BCUT2D eigenvalue weighted by Gasteiger charge is 2.30. The Bertz CT molecular complexity index is 2380. The minimum Gasteiger partial charge on any atom is -0.481 e. The second-order valence-corrected chi connectivity index (χ2v) is 14.4. The summed E-state index contributed by atoms with van der Waals surface area (Å²) in [5, 5.41) is 33.9. The highest BCUT2D eigenvalue weighted by molar-refractivity contribution is 5.91. The number of nitrogens with one attached hydrogen (secondary N) is 1. The van der Waals surface area contributed by atoms with E-state index in [2.05, 4.69) is 53.3 Å². The molecule has 1 aliphatic carbocycles. The third-order valence-electron chi connectivity index (χ3n) is 10.8. The summed E-state index contributed by atoms with van der Waals surface area (Å²) in [6.07, 6.45) is 7.18. The summed E-state index contributed by atoms with van der Waals surface area (Å²) in [5.74, 6) is 0.386. The molecule has 0 radical (unpaired) electrons. The first kappa shape index (κ1) is 33.5. The van der Waals surface area contributed by atoms with Crippen LogP contribution < -0.4 is 5.32 Å². The van der Waals surface area contributed by atoms with Crippen LogP contribution in [-0.4, -0.2) is 55.2 Å². The maximum absolute atomic E-state index is 11.5. The number of β-amino-alcohol motifs (C(OH)–C–C–N with tert-alkyl or cyclic N) is 1. The molecule has 1 saturated heterocycles. The normalized spacial score (nSPS) is 19.0. The quantitative estimate of drug-likeness (QED) is 0.136. The van der Waals surface area contributed by atoms with E-state index in [9.17, 15) is 20.3 Å². The number of rotatable bonds is 9. The Morgan fingerprint density at radius 3 is 2.58 bits per heavy atom. The molecule has 2 fully saturated rings. The van der Waals surface area contributed by atoms with Crippen LogP contribution in [-0.2, 0) is 17.8 Å². The summed E-state index contributed by atoms with van der Waals surface area (Å²) in [5.41, 5.74) is 10.3. The number of anilines is 2. The van der Waals surface area contributed by atoms with E-state index in [1.165, 1.54) is 0 Å². The van der Waals surface area contributed by atoms with Gasteiger partial charge in [-0.25, -0.2) is 9.97 Å². The predicted octanol–water partition coefficient (Wildman–Crippen LogP) is 7.95. The van der Waals surface area contributed by atoms with Crippen molar-refractivity contribution in [3.8, 4) is 28.7 Å². The number of likely N-dealkylation sites (tertiary alicyclic amines) is 1. The van der Waals surface area contributed by atoms with Gasteiger partial charge in [-0.1, -0.05) is 24.3 Å². The van der Waals surface area contributed by atoms with Crippen LogP contribution in [0.4, 0.5) is 11.5 Å². The van der Waals surface area contributed by atoms with Crippen LogP contribution in [0, 0.1) is 37.0 Å². The number of aliphatic carboxylic acids is 1. The zero-order valence-corrected chi connectivity index (χ0v) is 29.3. The Morgan fingerprint density at radius 2 is 1.81 bits per heavy atom. The van der Waals surface area contributed by atoms with E-state index in [1.807, 2.05) is 48.7 Å². The first-order valence-electron chi connectivity index (χ1n) is 17.9. The molecule has 0 bridgehead atoms. The first-order valence-corrected chi connectivity index (χ1v) is 17.9. The average Bonchev–Trinajstić information content (AvgIpc) is 3.89. The molecule has 8 rings (SSSR count). The molecule has 1 unspecified atom stereocenters. The number of fused-ring (bicyclic) bond motifs is 2. The number of carboxylic acid groups (broad SMARTS) is 1. The van der Waals surface area contributed by atoms with Gasteiger partial charge in [0, 0.05) is 48.7 Å². The van der Waals surface area contributed by atoms with Gasteiger partial charge in [0.15, 0.2) is 11.4 Å². The molecule has 0 amide bonds. The lowest BCUT2D eigenvalue weighted by atomic mass is 9.93. The highest BCUT2D eigenvalue weighted by Crippen LogP contribution is 2.39. The third kappa shape index (κ3) is 6.49. The van der Waals surface area contributed by atoms with E-state index in [0.29, 0.717) is 54.2 Å². The van der Waals surface area contributed by atoms with Gasteiger partial charge in [0.1, 0.15) is 17.1 Å². The summed E-state index contributed by atoms with van der Waals surface area (Å²) >= 11 is 0. The van der Waals surface area contributed by atoms with Crippen molar-refractivity contribution in [3.63, 3.8) is 0 Å². The van der Waals surface area contributed by atoms with Gasteiger partial charge in [-0.2, -0.15) is 5.26 Å². The van der Waals surface area contributed by atoms with Crippen LogP contribution in [0.15, 0.2) is 77.5 Å². The van der Waals surface area contributed by atoms with E-state index in [4.69, 9.17) is 14.4 Å². The van der Waals surface area contributed by atoms with Crippen molar-refractivity contribution in [1.82, 2.24) is 19.9 Å². The standard InChI is InChI=1S/C42H40N6O4/c1-24-33(5-3-7-35(24)41-47-37-19-27(17-31(20-43)39(37)52-41)15-26-9-10-30(16-26)42(50)51)34-6-4-8-36(25(34)2)46-40-38-29(11-13-44-40)18-28(21-45-38)22-48-14-12-32(49)23-48/h3-8,11,13,17-19,21,26,30,32,49H,9-10,12,14-16,22-23H2,1-2H3,(H,44,46)(H,50,51)/t26?,30-,32-/m1/s1. The Kier molecular flexibility index (Phi) is 8.91. The molecule has 6 aromatic rings. The molecule has 10 heteroatoms. The molecule has 262 valence electrons. The topological polar surface area (TPSA) is 148 Å². The van der Waals surface area contributed by atoms with Gasteiger partial charge >= 0.3 is 5.97 Å². The Labute approximate surface area is 301 Å². The number of aliphatic hydroxyl groups excluding tert-OH is 1. The van der Waals surface area contributed by atoms with Crippen LogP contribution >= 0.6 is 0 Å². The van der Waals surface area contributed by atoms with Crippen molar-refractivity contribution < 1.29 is 19.4 Å². The molecule has 52 heavy (non-hydrogen) atoms. The van der Waals surface area contributed by atoms with Crippen LogP contribution in [0.1, 0.15) is 53.5 Å². The van der Waals surface area contributed by atoms with Gasteiger partial charge < -0.3 is 19.9 Å². The van der Waals surface area contributed by atoms with Gasteiger partial charge in [0.2, 0.25) is 5.89 Å². The Hall–Kier alpha value is -5.63. The van der Waals surface area contributed by atoms with E-state index >= 15 is 0 Å². The second kappa shape index (κ2) is 13.8. The maximum Gasteiger partial charge on any atom is 0.306 e. The number of benzene rings is 3. The number of carboxylic acids is 1. The number of oxazole rings is 1. The number of nitrogens with zero attached hydrogens (tertiary/aromatic N) is 5. The van der Waals surface area contributed by atoms with Gasteiger partial charge in [-0.3, -0.25) is 14.7 Å². The molecule has 3 N–H and O–H groups in total. The lowest BCUT2D eigenvalue weighted by Gasteiger charge is -2.17. The molecular formula is C42H40N6O4. The Morgan fingerprint density at radius 1 is 1.00 bits per heavy atom. The molecule has 3 atom stereocenters. The summed E-state index contributed by atoms with van der Waals surface area (Å²) in [6.45, 7) is 6.49. The number of nitriles is 1. The first-order chi connectivity index (χ1) is 25.2. The molecule has 2 aliphatic rings. The monoisotopic (exact) mass is 692 g/mol. The smallest absolute Gasteiger partial charge is 0.306 e. The summed E-state index contributed by atoms with van der Waals surface area (Å²) in [6, 6.07) is 22.5. The van der Waals surface area contributed by atoms with Crippen molar-refractivity contribution in [2.75, 3.05) is 18.4 Å². The number of hydrogen-bond acceptors (Lipinski definition) is 9. The molecule has 3 aromatic heterocycles. The zero-order valence-electron chi connectivity index (χ0n) is 29.3. The SMILES string of the molecule is Cc1c(Nc2nccc3cc(CN4CC[C@@H](O)C4)cnc23)cccc1-c1cccc(-c2nc3cc(CC4CC[C@@H](C(=O)O)C4)cc(C#N)c3o2)c1C. The van der Waals surface area contributed by atoms with Crippen molar-refractivity contribution in [1.29, 1.82) is 5.26 Å². The molecule has 1 saturated carbocycles. The maximum atomic E-state index is 11.5. The van der Waals surface area contributed by atoms with Crippen molar-refractivity contribution in [3.05, 3.63) is 101 Å². The zero-order chi connectivity index (χ0) is 35.9. The van der Waals surface area contributed by atoms with E-state index in [1.54, 1.807) is 6.20 Å². The molecule has 3 aromatic carbocycles. The minimum absolute atomic E-state index is 0.253. The fraction of sp³-hybridized carbons (Fsp3) is 0.310. The lowest BCUT2D eigenvalue weighted by molar-refractivity contribution is -0.141. The van der Waals surface area contributed by atoms with Crippen molar-refractivity contribution in [2.45, 2.75) is 58.6 Å². The van der Waals surface area contributed by atoms with E-state index in [-0.39, 0.29) is 17.9 Å². The Balaban J connectivity index is 1.07. The van der Waals surface area contributed by atoms with Crippen LogP contribution in [0.2, 0.25) is 0 Å². The molecule has 10 nitrogen and oxygen atoms in total. The lowest BCUT2D eigenvalue weighted by Crippen LogP contribution is -2.21. The highest BCUT2D eigenvalue weighted by atomic mass is 16.4. The van der Waals surface area contributed by atoms with Crippen molar-refractivity contribution in [2.24, 2.45) is 11.8 Å². The number of pyridine rings is 2.